The lowest BCUT2D eigenvalue weighted by molar-refractivity contribution is 0.0969. The first-order valence-electron chi connectivity index (χ1n) is 10.6. The Kier molecular flexibility index (Phi) is 6.17. The highest BCUT2D eigenvalue weighted by Crippen LogP contribution is 2.29. The average Bonchev–Trinajstić information content (AvgIpc) is 2.71. The van der Waals surface area contributed by atoms with Crippen molar-refractivity contribution in [1.82, 2.24) is 0 Å². The van der Waals surface area contributed by atoms with E-state index in [-0.39, 0.29) is 16.6 Å². The molecule has 0 aliphatic heterocycles. The summed E-state index contributed by atoms with van der Waals surface area (Å²) < 4.78 is 0. The summed E-state index contributed by atoms with van der Waals surface area (Å²) in [5.41, 5.74) is 5.24. The number of nitrogens with one attached hydrogen (secondary N) is 1. The minimum Gasteiger partial charge on any atom is -0.371 e. The molecular formula is C28H33NO. The summed E-state index contributed by atoms with van der Waals surface area (Å²) in [5.74, 6) is 0.0721. The summed E-state index contributed by atoms with van der Waals surface area (Å²) in [4.78, 5) is 13.5. The molecule has 0 aromatic heterocycles. The van der Waals surface area contributed by atoms with E-state index in [1.54, 1.807) is 0 Å². The predicted octanol–water partition coefficient (Wildman–Crippen LogP) is 7.32. The van der Waals surface area contributed by atoms with Gasteiger partial charge < -0.3 is 5.32 Å². The maximum absolute atomic E-state index is 13.5. The Hall–Kier alpha value is -2.87. The number of carbonyl (C=O) groups is 1. The fourth-order valence-electron chi connectivity index (χ4n) is 3.48. The molecule has 0 saturated carbocycles. The predicted molar refractivity (Wildman–Crippen MR) is 127 cm³/mol. The molecule has 3 rings (SSSR count). The standard InChI is InChI=1S/C28H33NO/c1-27(2,3)22-16-12-20(13-17-22)25(29-24-10-8-7-9-11-24)26(30)21-14-18-23(19-15-21)28(4,5)6/h7-19,25,29H,1-6H3. The zero-order valence-electron chi connectivity index (χ0n) is 19.0. The molecule has 1 N–H and O–H groups in total. The van der Waals surface area contributed by atoms with Gasteiger partial charge in [-0.15, -0.1) is 0 Å². The minimum atomic E-state index is -0.443. The Morgan fingerprint density at radius 1 is 0.667 bits per heavy atom. The molecule has 0 fully saturated rings. The third-order valence-electron chi connectivity index (χ3n) is 5.49. The van der Waals surface area contributed by atoms with Gasteiger partial charge in [0.05, 0.1) is 0 Å². The van der Waals surface area contributed by atoms with E-state index in [4.69, 9.17) is 0 Å². The number of ketones is 1. The van der Waals surface area contributed by atoms with Crippen LogP contribution < -0.4 is 5.32 Å². The lowest BCUT2D eigenvalue weighted by atomic mass is 9.85. The van der Waals surface area contributed by atoms with Crippen LogP contribution in [0.15, 0.2) is 78.9 Å². The van der Waals surface area contributed by atoms with Gasteiger partial charge in [0, 0.05) is 11.3 Å². The van der Waals surface area contributed by atoms with Gasteiger partial charge >= 0.3 is 0 Å². The number of Topliss-reactive ketones (excluding diaryl/α,β-unsaturated/α-hetero) is 1. The van der Waals surface area contributed by atoms with Crippen LogP contribution in [0.2, 0.25) is 0 Å². The van der Waals surface area contributed by atoms with Crippen LogP contribution in [-0.4, -0.2) is 5.78 Å². The summed E-state index contributed by atoms with van der Waals surface area (Å²) in [6.07, 6.45) is 0. The van der Waals surface area contributed by atoms with Crippen molar-refractivity contribution in [3.63, 3.8) is 0 Å². The molecule has 0 bridgehead atoms. The largest absolute Gasteiger partial charge is 0.371 e. The van der Waals surface area contributed by atoms with E-state index >= 15 is 0 Å². The van der Waals surface area contributed by atoms with E-state index < -0.39 is 6.04 Å². The smallest absolute Gasteiger partial charge is 0.189 e. The fourth-order valence-corrected chi connectivity index (χ4v) is 3.48. The van der Waals surface area contributed by atoms with Crippen molar-refractivity contribution in [2.24, 2.45) is 0 Å². The molecule has 0 aliphatic carbocycles. The van der Waals surface area contributed by atoms with Crippen molar-refractivity contribution in [2.75, 3.05) is 5.32 Å². The van der Waals surface area contributed by atoms with Gasteiger partial charge in [-0.2, -0.15) is 0 Å². The Bertz CT molecular complexity index is 972. The van der Waals surface area contributed by atoms with Gasteiger partial charge in [0.15, 0.2) is 5.78 Å². The van der Waals surface area contributed by atoms with Crippen LogP contribution in [0.1, 0.15) is 74.6 Å². The molecule has 2 heteroatoms. The van der Waals surface area contributed by atoms with Crippen molar-refractivity contribution < 1.29 is 4.79 Å². The molecule has 1 unspecified atom stereocenters. The molecule has 0 saturated heterocycles. The van der Waals surface area contributed by atoms with Gasteiger partial charge in [0.2, 0.25) is 0 Å². The zero-order valence-corrected chi connectivity index (χ0v) is 19.0. The van der Waals surface area contributed by atoms with Crippen LogP contribution in [-0.2, 0) is 10.8 Å². The van der Waals surface area contributed by atoms with Gasteiger partial charge in [-0.3, -0.25) is 4.79 Å². The Balaban J connectivity index is 1.95. The van der Waals surface area contributed by atoms with Crippen LogP contribution in [0.3, 0.4) is 0 Å². The van der Waals surface area contributed by atoms with Crippen LogP contribution in [0.5, 0.6) is 0 Å². The van der Waals surface area contributed by atoms with Crippen LogP contribution in [0.25, 0.3) is 0 Å². The van der Waals surface area contributed by atoms with E-state index in [1.165, 1.54) is 11.1 Å². The third-order valence-corrected chi connectivity index (χ3v) is 5.49. The maximum Gasteiger partial charge on any atom is 0.189 e. The summed E-state index contributed by atoms with van der Waals surface area (Å²) >= 11 is 0. The topological polar surface area (TPSA) is 29.1 Å². The Morgan fingerprint density at radius 3 is 1.60 bits per heavy atom. The Morgan fingerprint density at radius 2 is 1.13 bits per heavy atom. The number of rotatable bonds is 5. The van der Waals surface area contributed by atoms with E-state index in [1.807, 2.05) is 42.5 Å². The SMILES string of the molecule is CC(C)(C)c1ccc(C(=O)C(Nc2ccccc2)c2ccc(C(C)(C)C)cc2)cc1. The van der Waals surface area contributed by atoms with Crippen molar-refractivity contribution in [1.29, 1.82) is 0 Å². The van der Waals surface area contributed by atoms with Gasteiger partial charge in [0.25, 0.3) is 0 Å². The van der Waals surface area contributed by atoms with Gasteiger partial charge in [-0.05, 0) is 39.7 Å². The van der Waals surface area contributed by atoms with Crippen LogP contribution in [0, 0.1) is 0 Å². The summed E-state index contributed by atoms with van der Waals surface area (Å²) in [6.45, 7) is 13.1. The Labute approximate surface area is 181 Å². The molecule has 1 atom stereocenters. The van der Waals surface area contributed by atoms with Gasteiger partial charge in [0.1, 0.15) is 6.04 Å². The first kappa shape index (κ1) is 21.8. The monoisotopic (exact) mass is 399 g/mol. The van der Waals surface area contributed by atoms with Gasteiger partial charge in [-0.1, -0.05) is 108 Å². The summed E-state index contributed by atoms with van der Waals surface area (Å²) in [5, 5.41) is 3.45. The highest BCUT2D eigenvalue weighted by molar-refractivity contribution is 6.02. The van der Waals surface area contributed by atoms with Crippen molar-refractivity contribution in [2.45, 2.75) is 58.4 Å². The number of hydrogen-bond acceptors (Lipinski definition) is 2. The molecule has 3 aromatic carbocycles. The first-order chi connectivity index (χ1) is 14.1. The average molecular weight is 400 g/mol. The second-order valence-electron chi connectivity index (χ2n) is 10.0. The molecule has 0 radical (unpaired) electrons. The normalized spacial score (nSPS) is 13.0. The molecule has 30 heavy (non-hydrogen) atoms. The van der Waals surface area contributed by atoms with Crippen molar-refractivity contribution >= 4 is 11.5 Å². The number of para-hydroxylation sites is 1. The highest BCUT2D eigenvalue weighted by Gasteiger charge is 2.24. The minimum absolute atomic E-state index is 0.0616. The highest BCUT2D eigenvalue weighted by atomic mass is 16.1. The zero-order chi connectivity index (χ0) is 21.9. The van der Waals surface area contributed by atoms with Crippen molar-refractivity contribution in [3.05, 3.63) is 101 Å². The first-order valence-corrected chi connectivity index (χ1v) is 10.6. The van der Waals surface area contributed by atoms with Gasteiger partial charge in [-0.25, -0.2) is 0 Å². The molecule has 3 aromatic rings. The summed E-state index contributed by atoms with van der Waals surface area (Å²) in [7, 11) is 0. The molecule has 2 nitrogen and oxygen atoms in total. The molecule has 0 spiro atoms. The van der Waals surface area contributed by atoms with Crippen LogP contribution >= 0.6 is 0 Å². The van der Waals surface area contributed by atoms with E-state index in [2.05, 4.69) is 83.3 Å². The fraction of sp³-hybridized carbons (Fsp3) is 0.321. The number of carbonyl (C=O) groups excluding carboxylic acids is 1. The summed E-state index contributed by atoms with van der Waals surface area (Å²) in [6, 6.07) is 25.9. The molecule has 0 aliphatic rings. The quantitative estimate of drug-likeness (QED) is 0.455. The second-order valence-corrected chi connectivity index (χ2v) is 10.0. The van der Waals surface area contributed by atoms with E-state index in [0.29, 0.717) is 0 Å². The number of hydrogen-bond donors (Lipinski definition) is 1. The lowest BCUT2D eigenvalue weighted by Gasteiger charge is -2.23. The molecule has 156 valence electrons. The molecule has 0 amide bonds. The number of anilines is 1. The van der Waals surface area contributed by atoms with E-state index in [9.17, 15) is 4.79 Å². The van der Waals surface area contributed by atoms with Crippen LogP contribution in [0.4, 0.5) is 5.69 Å². The second kappa shape index (κ2) is 8.47. The molecular weight excluding hydrogens is 366 g/mol. The molecule has 0 heterocycles. The van der Waals surface area contributed by atoms with Crippen molar-refractivity contribution in [3.8, 4) is 0 Å². The third kappa shape index (κ3) is 5.18. The maximum atomic E-state index is 13.5. The lowest BCUT2D eigenvalue weighted by Crippen LogP contribution is -2.22. The number of benzene rings is 3. The van der Waals surface area contributed by atoms with E-state index in [0.717, 1.165) is 16.8 Å².